The number of nitrogens with zero attached hydrogens (tertiary/aromatic N) is 3. The Balaban J connectivity index is 1.82. The lowest BCUT2D eigenvalue weighted by molar-refractivity contribution is -0.118. The first-order chi connectivity index (χ1) is 13.9. The minimum Gasteiger partial charge on any atom is -0.370 e. The first-order valence-corrected chi connectivity index (χ1v) is 9.76. The molecule has 9 heteroatoms. The fourth-order valence-corrected chi connectivity index (χ4v) is 3.67. The van der Waals surface area contributed by atoms with Crippen LogP contribution in [0.4, 0.5) is 10.1 Å². The van der Waals surface area contributed by atoms with Gasteiger partial charge >= 0.3 is 0 Å². The third-order valence-electron chi connectivity index (χ3n) is 4.20. The van der Waals surface area contributed by atoms with Crippen LogP contribution in [-0.4, -0.2) is 26.6 Å². The van der Waals surface area contributed by atoms with E-state index >= 15 is 0 Å². The van der Waals surface area contributed by atoms with Crippen molar-refractivity contribution >= 4 is 29.3 Å². The number of nitrogens with two attached hydrogens (primary N) is 1. The van der Waals surface area contributed by atoms with E-state index in [1.54, 1.807) is 11.6 Å². The smallest absolute Gasteiger partial charge is 0.242 e. The van der Waals surface area contributed by atoms with Crippen LogP contribution in [0.15, 0.2) is 59.8 Å². The minimum absolute atomic E-state index is 0.170. The highest BCUT2D eigenvalue weighted by Gasteiger charge is 2.25. The van der Waals surface area contributed by atoms with E-state index < -0.39 is 11.2 Å². The average Bonchev–Trinajstić information content (AvgIpc) is 3.06. The summed E-state index contributed by atoms with van der Waals surface area (Å²) < 4.78 is 14.9. The first kappa shape index (κ1) is 20.5. The van der Waals surface area contributed by atoms with Crippen molar-refractivity contribution in [3.05, 3.63) is 71.8 Å². The van der Waals surface area contributed by atoms with E-state index in [4.69, 9.17) is 5.73 Å². The number of thioether (sulfide) groups is 1. The zero-order chi connectivity index (χ0) is 20.8. The molecule has 3 rings (SSSR count). The molecule has 1 heterocycles. The summed E-state index contributed by atoms with van der Waals surface area (Å²) in [5.41, 5.74) is 6.49. The predicted molar refractivity (Wildman–Crippen MR) is 109 cm³/mol. The number of benzene rings is 2. The lowest BCUT2D eigenvalue weighted by atomic mass is 10.1. The molecule has 3 N–H and O–H groups in total. The number of halogens is 1. The number of rotatable bonds is 8. The van der Waals surface area contributed by atoms with Crippen LogP contribution in [0.2, 0.25) is 0 Å². The average molecular weight is 413 g/mol. The van der Waals surface area contributed by atoms with Gasteiger partial charge in [0.05, 0.1) is 0 Å². The van der Waals surface area contributed by atoms with Crippen molar-refractivity contribution in [1.29, 1.82) is 0 Å². The van der Waals surface area contributed by atoms with Gasteiger partial charge in [-0.15, -0.1) is 10.2 Å². The molecule has 3 aromatic rings. The van der Waals surface area contributed by atoms with Gasteiger partial charge in [-0.25, -0.2) is 4.39 Å². The third kappa shape index (κ3) is 5.41. The molecule has 0 aliphatic rings. The molecule has 0 spiro atoms. The molecule has 2 aromatic carbocycles. The summed E-state index contributed by atoms with van der Waals surface area (Å²) in [5, 5.41) is 11.0. The molecule has 1 aromatic heterocycles. The number of aromatic nitrogens is 3. The highest BCUT2D eigenvalue weighted by Crippen LogP contribution is 2.35. The summed E-state index contributed by atoms with van der Waals surface area (Å²) in [6.07, 6.45) is 0.543. The van der Waals surface area contributed by atoms with Crippen molar-refractivity contribution < 1.29 is 14.0 Å². The van der Waals surface area contributed by atoms with Gasteiger partial charge in [0.1, 0.15) is 16.9 Å². The lowest BCUT2D eigenvalue weighted by Gasteiger charge is -2.16. The molecular weight excluding hydrogens is 393 g/mol. The summed E-state index contributed by atoms with van der Waals surface area (Å²) in [6, 6.07) is 14.9. The van der Waals surface area contributed by atoms with Crippen LogP contribution in [0.25, 0.3) is 0 Å². The van der Waals surface area contributed by atoms with Crippen LogP contribution in [0.5, 0.6) is 0 Å². The zero-order valence-electron chi connectivity index (χ0n) is 15.7. The topological polar surface area (TPSA) is 103 Å². The molecule has 2 amide bonds. The Morgan fingerprint density at radius 1 is 1.14 bits per heavy atom. The highest BCUT2D eigenvalue weighted by molar-refractivity contribution is 8.00. The van der Waals surface area contributed by atoms with Gasteiger partial charge in [0.25, 0.3) is 0 Å². The number of carbonyl (C=O) groups excluding carboxylic acids is 2. The highest BCUT2D eigenvalue weighted by atomic mass is 32.2. The van der Waals surface area contributed by atoms with E-state index in [1.807, 2.05) is 30.3 Å². The summed E-state index contributed by atoms with van der Waals surface area (Å²) >= 11 is 1.24. The van der Waals surface area contributed by atoms with Crippen LogP contribution < -0.4 is 11.1 Å². The summed E-state index contributed by atoms with van der Waals surface area (Å²) in [5.74, 6) is -0.450. The van der Waals surface area contributed by atoms with Crippen LogP contribution in [0.1, 0.15) is 23.1 Å². The fraction of sp³-hybridized carbons (Fsp3) is 0.200. The second kappa shape index (κ2) is 9.33. The van der Waals surface area contributed by atoms with Crippen LogP contribution in [0, 0.1) is 5.82 Å². The SMILES string of the molecule is Cn1c(CCC(N)=O)nnc1S[C@H](C(=O)Nc1ccc(F)cc1)c1ccccc1. The van der Waals surface area contributed by atoms with Crippen molar-refractivity contribution in [3.63, 3.8) is 0 Å². The molecule has 0 aliphatic heterocycles. The number of primary amides is 1. The van der Waals surface area contributed by atoms with Crippen molar-refractivity contribution in [2.45, 2.75) is 23.2 Å². The van der Waals surface area contributed by atoms with Gasteiger partial charge in [-0.1, -0.05) is 42.1 Å². The molecule has 0 saturated carbocycles. The second-order valence-corrected chi connectivity index (χ2v) is 7.40. The normalized spacial score (nSPS) is 11.8. The van der Waals surface area contributed by atoms with Gasteiger partial charge < -0.3 is 15.6 Å². The van der Waals surface area contributed by atoms with Gasteiger partial charge in [-0.2, -0.15) is 0 Å². The molecule has 0 unspecified atom stereocenters. The number of aryl methyl sites for hydroxylation is 1. The van der Waals surface area contributed by atoms with Gasteiger partial charge in [-0.3, -0.25) is 9.59 Å². The Bertz CT molecular complexity index is 992. The molecule has 29 heavy (non-hydrogen) atoms. The number of hydrogen-bond donors (Lipinski definition) is 2. The Hall–Kier alpha value is -3.20. The molecule has 7 nitrogen and oxygen atoms in total. The Morgan fingerprint density at radius 3 is 2.48 bits per heavy atom. The van der Waals surface area contributed by atoms with Gasteiger partial charge in [0.2, 0.25) is 11.8 Å². The van der Waals surface area contributed by atoms with Gasteiger partial charge in [0.15, 0.2) is 5.16 Å². The van der Waals surface area contributed by atoms with Gasteiger partial charge in [0, 0.05) is 25.6 Å². The number of hydrogen-bond acceptors (Lipinski definition) is 5. The van der Waals surface area contributed by atoms with Crippen molar-refractivity contribution in [3.8, 4) is 0 Å². The Labute approximate surface area is 171 Å². The van der Waals surface area contributed by atoms with Gasteiger partial charge in [-0.05, 0) is 29.8 Å². The predicted octanol–water partition coefficient (Wildman–Crippen LogP) is 2.84. The molecule has 0 radical (unpaired) electrons. The number of nitrogens with one attached hydrogen (secondary N) is 1. The van der Waals surface area contributed by atoms with E-state index in [1.165, 1.54) is 36.0 Å². The van der Waals surface area contributed by atoms with Crippen molar-refractivity contribution in [2.75, 3.05) is 5.32 Å². The molecule has 150 valence electrons. The fourth-order valence-electron chi connectivity index (χ4n) is 2.65. The summed E-state index contributed by atoms with van der Waals surface area (Å²) in [7, 11) is 1.78. The van der Waals surface area contributed by atoms with E-state index in [9.17, 15) is 14.0 Å². The second-order valence-electron chi connectivity index (χ2n) is 6.33. The number of amides is 2. The monoisotopic (exact) mass is 413 g/mol. The molecule has 1 atom stereocenters. The molecule has 0 bridgehead atoms. The lowest BCUT2D eigenvalue weighted by Crippen LogP contribution is -2.19. The standard InChI is InChI=1S/C20H20FN5O2S/c1-26-17(12-11-16(22)27)24-25-20(26)29-18(13-5-3-2-4-6-13)19(28)23-15-9-7-14(21)8-10-15/h2-10,18H,11-12H2,1H3,(H2,22,27)(H,23,28)/t18-/m0/s1. The molecule has 0 saturated heterocycles. The maximum atomic E-state index is 13.1. The van der Waals surface area contributed by atoms with Crippen molar-refractivity contribution in [1.82, 2.24) is 14.8 Å². The Kier molecular flexibility index (Phi) is 6.61. The Morgan fingerprint density at radius 2 is 1.83 bits per heavy atom. The maximum absolute atomic E-state index is 13.1. The van der Waals surface area contributed by atoms with Crippen LogP contribution >= 0.6 is 11.8 Å². The summed E-state index contributed by atoms with van der Waals surface area (Å²) in [4.78, 5) is 24.0. The first-order valence-electron chi connectivity index (χ1n) is 8.88. The molecule has 0 aliphatic carbocycles. The zero-order valence-corrected chi connectivity index (χ0v) is 16.5. The number of anilines is 1. The van der Waals surface area contributed by atoms with Crippen LogP contribution in [0.3, 0.4) is 0 Å². The maximum Gasteiger partial charge on any atom is 0.242 e. The largest absolute Gasteiger partial charge is 0.370 e. The van der Waals surface area contributed by atoms with E-state index in [-0.39, 0.29) is 18.1 Å². The van der Waals surface area contributed by atoms with Crippen LogP contribution in [-0.2, 0) is 23.1 Å². The quantitative estimate of drug-likeness (QED) is 0.553. The van der Waals surface area contributed by atoms with Crippen molar-refractivity contribution in [2.24, 2.45) is 12.8 Å². The number of carbonyl (C=O) groups is 2. The molecule has 0 fully saturated rings. The molecular formula is C20H20FN5O2S. The summed E-state index contributed by atoms with van der Waals surface area (Å²) in [6.45, 7) is 0. The van der Waals surface area contributed by atoms with E-state index in [0.29, 0.717) is 23.1 Å². The van der Waals surface area contributed by atoms with E-state index in [2.05, 4.69) is 15.5 Å². The van der Waals surface area contributed by atoms with E-state index in [0.717, 1.165) is 5.56 Å². The minimum atomic E-state index is -0.604. The third-order valence-corrected chi connectivity index (χ3v) is 5.48.